The fraction of sp³-hybridized carbons (Fsp3) is 0.0667. The number of nitrogens with one attached hydrogen (secondary N) is 1. The van der Waals surface area contributed by atoms with E-state index in [0.29, 0.717) is 0 Å². The van der Waals surface area contributed by atoms with Crippen LogP contribution in [0.15, 0.2) is 42.7 Å². The summed E-state index contributed by atoms with van der Waals surface area (Å²) in [5, 5.41) is 3.44. The summed E-state index contributed by atoms with van der Waals surface area (Å²) in [4.78, 5) is 12.5. The standard InChI is InChI=1S/C15H11N3/c1-9-11-6-8-17-14(11)12-5-4-10-3-2-7-16-13(10)15(12)18-9/h2-8,17H,1H3. The Bertz CT molecular complexity index is 890. The first-order valence-corrected chi connectivity index (χ1v) is 5.96. The van der Waals surface area contributed by atoms with Gasteiger partial charge in [-0.15, -0.1) is 0 Å². The number of hydrogen-bond donors (Lipinski definition) is 1. The topological polar surface area (TPSA) is 41.6 Å². The van der Waals surface area contributed by atoms with Crippen molar-refractivity contribution in [1.82, 2.24) is 15.0 Å². The first-order valence-electron chi connectivity index (χ1n) is 5.96. The minimum atomic E-state index is 0.967. The Hall–Kier alpha value is -2.42. The number of rotatable bonds is 0. The van der Waals surface area contributed by atoms with Gasteiger partial charge in [0.25, 0.3) is 0 Å². The Morgan fingerprint density at radius 3 is 2.89 bits per heavy atom. The highest BCUT2D eigenvalue weighted by atomic mass is 14.8. The summed E-state index contributed by atoms with van der Waals surface area (Å²) < 4.78 is 0. The van der Waals surface area contributed by atoms with Crippen LogP contribution in [-0.2, 0) is 0 Å². The number of pyridine rings is 2. The highest BCUT2D eigenvalue weighted by Crippen LogP contribution is 2.29. The molecule has 86 valence electrons. The zero-order valence-electron chi connectivity index (χ0n) is 9.94. The van der Waals surface area contributed by atoms with E-state index in [2.05, 4.69) is 34.2 Å². The Morgan fingerprint density at radius 1 is 1.00 bits per heavy atom. The van der Waals surface area contributed by atoms with Gasteiger partial charge in [0, 0.05) is 34.2 Å². The third-order valence-corrected chi connectivity index (χ3v) is 3.43. The average Bonchev–Trinajstić information content (AvgIpc) is 2.89. The third-order valence-electron chi connectivity index (χ3n) is 3.43. The van der Waals surface area contributed by atoms with Crippen molar-refractivity contribution in [2.24, 2.45) is 0 Å². The molecule has 18 heavy (non-hydrogen) atoms. The quantitative estimate of drug-likeness (QED) is 0.472. The van der Waals surface area contributed by atoms with Gasteiger partial charge in [0.05, 0.1) is 16.6 Å². The van der Waals surface area contributed by atoms with Gasteiger partial charge in [-0.05, 0) is 25.1 Å². The van der Waals surface area contributed by atoms with Crippen molar-refractivity contribution in [3.8, 4) is 0 Å². The van der Waals surface area contributed by atoms with E-state index < -0.39 is 0 Å². The maximum atomic E-state index is 4.72. The molecule has 4 rings (SSSR count). The van der Waals surface area contributed by atoms with Gasteiger partial charge in [-0.3, -0.25) is 9.97 Å². The lowest BCUT2D eigenvalue weighted by atomic mass is 10.1. The maximum absolute atomic E-state index is 4.72. The SMILES string of the molecule is Cc1nc2c(ccc3cccnc32)c2[nH]ccc12. The zero-order valence-corrected chi connectivity index (χ0v) is 9.94. The van der Waals surface area contributed by atoms with Gasteiger partial charge >= 0.3 is 0 Å². The summed E-state index contributed by atoms with van der Waals surface area (Å²) in [6.45, 7) is 2.04. The Labute approximate surface area is 103 Å². The van der Waals surface area contributed by atoms with Crippen LogP contribution >= 0.6 is 0 Å². The molecule has 0 aliphatic rings. The van der Waals surface area contributed by atoms with Crippen molar-refractivity contribution in [3.05, 3.63) is 48.4 Å². The summed E-state index contributed by atoms with van der Waals surface area (Å²) in [5.41, 5.74) is 4.12. The van der Waals surface area contributed by atoms with E-state index in [1.807, 2.05) is 25.4 Å². The van der Waals surface area contributed by atoms with Crippen LogP contribution in [0.3, 0.4) is 0 Å². The normalized spacial score (nSPS) is 11.6. The number of aromatic nitrogens is 3. The molecule has 3 heteroatoms. The second-order valence-electron chi connectivity index (χ2n) is 4.50. The first-order chi connectivity index (χ1) is 8.84. The molecule has 3 aromatic heterocycles. The van der Waals surface area contributed by atoms with E-state index >= 15 is 0 Å². The van der Waals surface area contributed by atoms with Gasteiger partial charge in [0.15, 0.2) is 0 Å². The molecule has 1 aromatic carbocycles. The molecule has 0 bridgehead atoms. The van der Waals surface area contributed by atoms with Crippen LogP contribution in [0, 0.1) is 6.92 Å². The smallest absolute Gasteiger partial charge is 0.0989 e. The molecule has 0 saturated carbocycles. The van der Waals surface area contributed by atoms with Gasteiger partial charge in [-0.25, -0.2) is 0 Å². The van der Waals surface area contributed by atoms with Crippen LogP contribution in [0.2, 0.25) is 0 Å². The lowest BCUT2D eigenvalue weighted by molar-refractivity contribution is 1.29. The molecule has 1 N–H and O–H groups in total. The number of aryl methyl sites for hydroxylation is 1. The summed E-state index contributed by atoms with van der Waals surface area (Å²) in [6, 6.07) is 10.3. The van der Waals surface area contributed by atoms with Crippen LogP contribution in [0.4, 0.5) is 0 Å². The van der Waals surface area contributed by atoms with Crippen LogP contribution in [0.25, 0.3) is 32.7 Å². The number of hydrogen-bond acceptors (Lipinski definition) is 2. The van der Waals surface area contributed by atoms with Crippen LogP contribution in [0.1, 0.15) is 5.69 Å². The van der Waals surface area contributed by atoms with Crippen molar-refractivity contribution >= 4 is 32.7 Å². The number of nitrogens with zero attached hydrogens (tertiary/aromatic N) is 2. The second-order valence-corrected chi connectivity index (χ2v) is 4.50. The van der Waals surface area contributed by atoms with E-state index in [-0.39, 0.29) is 0 Å². The molecule has 0 unspecified atom stereocenters. The molecule has 0 aliphatic heterocycles. The lowest BCUT2D eigenvalue weighted by Crippen LogP contribution is -1.89. The molecule has 0 fully saturated rings. The van der Waals surface area contributed by atoms with Crippen LogP contribution < -0.4 is 0 Å². The van der Waals surface area contributed by atoms with E-state index in [1.165, 1.54) is 5.39 Å². The van der Waals surface area contributed by atoms with Crippen LogP contribution in [0.5, 0.6) is 0 Å². The molecule has 0 saturated heterocycles. The van der Waals surface area contributed by atoms with Gasteiger partial charge in [0.2, 0.25) is 0 Å². The molecule has 0 aliphatic carbocycles. The molecule has 0 radical (unpaired) electrons. The number of aromatic amines is 1. The van der Waals surface area contributed by atoms with Crippen LogP contribution in [-0.4, -0.2) is 15.0 Å². The van der Waals surface area contributed by atoms with E-state index in [4.69, 9.17) is 4.98 Å². The monoisotopic (exact) mass is 233 g/mol. The maximum Gasteiger partial charge on any atom is 0.0989 e. The first kappa shape index (κ1) is 9.59. The largest absolute Gasteiger partial charge is 0.361 e. The lowest BCUT2D eigenvalue weighted by Gasteiger charge is -2.05. The van der Waals surface area contributed by atoms with Gasteiger partial charge in [-0.1, -0.05) is 12.1 Å². The van der Waals surface area contributed by atoms with E-state index in [9.17, 15) is 0 Å². The van der Waals surface area contributed by atoms with Gasteiger partial charge < -0.3 is 4.98 Å². The predicted octanol–water partition coefficient (Wildman–Crippen LogP) is 3.57. The van der Waals surface area contributed by atoms with Gasteiger partial charge in [0.1, 0.15) is 0 Å². The molecule has 0 spiro atoms. The Kier molecular flexibility index (Phi) is 1.75. The summed E-state index contributed by atoms with van der Waals surface area (Å²) in [6.07, 6.45) is 3.78. The molecule has 3 nitrogen and oxygen atoms in total. The minimum Gasteiger partial charge on any atom is -0.361 e. The highest BCUT2D eigenvalue weighted by molar-refractivity contribution is 6.13. The number of benzene rings is 1. The molecule has 4 aromatic rings. The number of fused-ring (bicyclic) bond motifs is 5. The molecule has 0 amide bonds. The van der Waals surface area contributed by atoms with Crippen molar-refractivity contribution in [2.75, 3.05) is 0 Å². The molecule has 0 atom stereocenters. The van der Waals surface area contributed by atoms with E-state index in [0.717, 1.165) is 33.0 Å². The number of H-pyrrole nitrogens is 1. The van der Waals surface area contributed by atoms with Crippen molar-refractivity contribution in [2.45, 2.75) is 6.92 Å². The Balaban J connectivity index is 2.36. The highest BCUT2D eigenvalue weighted by Gasteiger charge is 2.09. The average molecular weight is 233 g/mol. The summed E-state index contributed by atoms with van der Waals surface area (Å²) >= 11 is 0. The van der Waals surface area contributed by atoms with Crippen molar-refractivity contribution < 1.29 is 0 Å². The fourth-order valence-electron chi connectivity index (χ4n) is 2.57. The fourth-order valence-corrected chi connectivity index (χ4v) is 2.57. The van der Waals surface area contributed by atoms with Gasteiger partial charge in [-0.2, -0.15) is 0 Å². The second kappa shape index (κ2) is 3.29. The molecular weight excluding hydrogens is 222 g/mol. The molecular formula is C15H11N3. The predicted molar refractivity (Wildman–Crippen MR) is 73.6 cm³/mol. The third kappa shape index (κ3) is 1.13. The minimum absolute atomic E-state index is 0.967. The molecule has 3 heterocycles. The van der Waals surface area contributed by atoms with Crippen molar-refractivity contribution in [1.29, 1.82) is 0 Å². The summed E-state index contributed by atoms with van der Waals surface area (Å²) in [7, 11) is 0. The van der Waals surface area contributed by atoms with Crippen molar-refractivity contribution in [3.63, 3.8) is 0 Å². The zero-order chi connectivity index (χ0) is 12.1. The van der Waals surface area contributed by atoms with E-state index in [1.54, 1.807) is 0 Å². The summed E-state index contributed by atoms with van der Waals surface area (Å²) in [5.74, 6) is 0. The Morgan fingerprint density at radius 2 is 1.94 bits per heavy atom.